The summed E-state index contributed by atoms with van der Waals surface area (Å²) in [5.41, 5.74) is -0.306. The van der Waals surface area contributed by atoms with Gasteiger partial charge in [-0.2, -0.15) is 0 Å². The predicted molar refractivity (Wildman–Crippen MR) is 106 cm³/mol. The molecule has 6 nitrogen and oxygen atoms in total. The molecule has 4 rings (SSSR count). The average Bonchev–Trinajstić information content (AvgIpc) is 3.34. The van der Waals surface area contributed by atoms with Crippen LogP contribution in [0.25, 0.3) is 0 Å². The fourth-order valence-electron chi connectivity index (χ4n) is 4.80. The van der Waals surface area contributed by atoms with Crippen molar-refractivity contribution in [3.63, 3.8) is 0 Å². The maximum atomic E-state index is 13.2. The van der Waals surface area contributed by atoms with E-state index in [4.69, 9.17) is 0 Å². The van der Waals surface area contributed by atoms with Crippen LogP contribution in [0.2, 0.25) is 0 Å². The number of nitrogens with one attached hydrogen (secondary N) is 3. The molecule has 1 aliphatic carbocycles. The Kier molecular flexibility index (Phi) is 5.53. The van der Waals surface area contributed by atoms with Gasteiger partial charge < -0.3 is 10.6 Å². The Morgan fingerprint density at radius 2 is 2.04 bits per heavy atom. The van der Waals surface area contributed by atoms with Crippen LogP contribution in [-0.4, -0.2) is 48.2 Å². The zero-order valence-electron chi connectivity index (χ0n) is 16.0. The van der Waals surface area contributed by atoms with Crippen molar-refractivity contribution in [3.8, 4) is 0 Å². The second-order valence-corrected chi connectivity index (χ2v) is 9.24. The van der Waals surface area contributed by atoms with Gasteiger partial charge in [0.1, 0.15) is 6.29 Å². The van der Waals surface area contributed by atoms with Gasteiger partial charge >= 0.3 is 0 Å². The van der Waals surface area contributed by atoms with E-state index in [0.29, 0.717) is 6.42 Å². The molecule has 2 amide bonds. The average molecular weight is 391 g/mol. The van der Waals surface area contributed by atoms with E-state index in [2.05, 4.69) is 38.4 Å². The minimum Gasteiger partial charge on any atom is -0.352 e. The van der Waals surface area contributed by atoms with Crippen molar-refractivity contribution in [2.75, 3.05) is 13.1 Å². The molecule has 27 heavy (non-hydrogen) atoms. The summed E-state index contributed by atoms with van der Waals surface area (Å²) >= 11 is 1.71. The Morgan fingerprint density at radius 3 is 2.67 bits per heavy atom. The molecule has 2 aliphatic heterocycles. The summed E-state index contributed by atoms with van der Waals surface area (Å²) in [4.78, 5) is 28.5. The first-order valence-corrected chi connectivity index (χ1v) is 11.1. The lowest BCUT2D eigenvalue weighted by molar-refractivity contribution is -0.127. The van der Waals surface area contributed by atoms with E-state index in [-0.39, 0.29) is 35.6 Å². The van der Waals surface area contributed by atoms with Gasteiger partial charge in [0.05, 0.1) is 5.41 Å². The SMILES string of the molecule is CC1CC(=O)NC(N2CCC(NC(=O)C3(c4cccs4)CCCC3)CC2)N1. The zero-order chi connectivity index (χ0) is 18.9. The number of hydrogen-bond acceptors (Lipinski definition) is 5. The Labute approximate surface area is 165 Å². The molecule has 1 saturated carbocycles. The predicted octanol–water partition coefficient (Wildman–Crippen LogP) is 1.92. The molecule has 7 heteroatoms. The lowest BCUT2D eigenvalue weighted by Crippen LogP contribution is -2.65. The molecule has 1 aromatic heterocycles. The Hall–Kier alpha value is -1.44. The summed E-state index contributed by atoms with van der Waals surface area (Å²) < 4.78 is 0. The van der Waals surface area contributed by atoms with Gasteiger partial charge in [-0.1, -0.05) is 18.9 Å². The smallest absolute Gasteiger partial charge is 0.231 e. The van der Waals surface area contributed by atoms with E-state index in [1.54, 1.807) is 11.3 Å². The number of carbonyl (C=O) groups is 2. The number of rotatable bonds is 4. The van der Waals surface area contributed by atoms with Crippen LogP contribution in [0, 0.1) is 0 Å². The van der Waals surface area contributed by atoms with Crippen LogP contribution in [0.1, 0.15) is 56.7 Å². The molecule has 0 radical (unpaired) electrons. The van der Waals surface area contributed by atoms with Gasteiger partial charge in [-0.15, -0.1) is 11.3 Å². The van der Waals surface area contributed by atoms with Crippen molar-refractivity contribution in [1.82, 2.24) is 20.9 Å². The van der Waals surface area contributed by atoms with Crippen molar-refractivity contribution in [2.45, 2.75) is 75.7 Å². The van der Waals surface area contributed by atoms with Crippen molar-refractivity contribution in [3.05, 3.63) is 22.4 Å². The highest BCUT2D eigenvalue weighted by atomic mass is 32.1. The van der Waals surface area contributed by atoms with E-state index in [1.807, 2.05) is 6.92 Å². The fraction of sp³-hybridized carbons (Fsp3) is 0.700. The molecule has 0 spiro atoms. The highest BCUT2D eigenvalue weighted by Crippen LogP contribution is 2.43. The van der Waals surface area contributed by atoms with Gasteiger partial charge in [-0.3, -0.25) is 19.8 Å². The largest absolute Gasteiger partial charge is 0.352 e. The second kappa shape index (κ2) is 7.89. The normalized spacial score (nSPS) is 29.4. The number of nitrogens with zero attached hydrogens (tertiary/aromatic N) is 1. The quantitative estimate of drug-likeness (QED) is 0.734. The highest BCUT2D eigenvalue weighted by Gasteiger charge is 2.44. The number of thiophene rings is 1. The number of amides is 2. The molecule has 2 saturated heterocycles. The maximum Gasteiger partial charge on any atom is 0.231 e. The van der Waals surface area contributed by atoms with Gasteiger partial charge in [0.15, 0.2) is 0 Å². The molecule has 148 valence electrons. The van der Waals surface area contributed by atoms with E-state index >= 15 is 0 Å². The zero-order valence-corrected chi connectivity index (χ0v) is 16.8. The van der Waals surface area contributed by atoms with Crippen LogP contribution in [0.4, 0.5) is 0 Å². The number of hydrogen-bond donors (Lipinski definition) is 3. The summed E-state index contributed by atoms with van der Waals surface area (Å²) in [6.45, 7) is 3.80. The first kappa shape index (κ1) is 18.9. The van der Waals surface area contributed by atoms with Crippen molar-refractivity contribution in [1.29, 1.82) is 0 Å². The Bertz CT molecular complexity index is 664. The van der Waals surface area contributed by atoms with Crippen LogP contribution in [0.3, 0.4) is 0 Å². The standard InChI is InChI=1S/C20H30N4O2S/c1-14-13-17(25)23-19(21-14)24-10-6-15(7-11-24)22-18(26)20(8-2-3-9-20)16-5-4-12-27-16/h4-5,12,14-15,19,21H,2-3,6-11,13H2,1H3,(H,22,26)(H,23,25). The molecule has 2 unspecified atom stereocenters. The van der Waals surface area contributed by atoms with E-state index in [1.165, 1.54) is 4.88 Å². The second-order valence-electron chi connectivity index (χ2n) is 8.29. The van der Waals surface area contributed by atoms with Crippen molar-refractivity contribution < 1.29 is 9.59 Å². The molecule has 3 fully saturated rings. The van der Waals surface area contributed by atoms with E-state index < -0.39 is 0 Å². The minimum absolute atomic E-state index is 0.0785. The van der Waals surface area contributed by atoms with Gasteiger partial charge in [-0.05, 0) is 44.1 Å². The summed E-state index contributed by atoms with van der Waals surface area (Å²) in [6.07, 6.45) is 6.51. The Balaban J connectivity index is 1.34. The third-order valence-electron chi connectivity index (χ3n) is 6.35. The van der Waals surface area contributed by atoms with Gasteiger partial charge in [0.2, 0.25) is 11.8 Å². The molecule has 2 atom stereocenters. The third kappa shape index (κ3) is 3.91. The minimum atomic E-state index is -0.306. The maximum absolute atomic E-state index is 13.2. The van der Waals surface area contributed by atoms with Crippen LogP contribution < -0.4 is 16.0 Å². The molecule has 3 N–H and O–H groups in total. The first-order valence-electron chi connectivity index (χ1n) is 10.2. The van der Waals surface area contributed by atoms with E-state index in [9.17, 15) is 9.59 Å². The molecule has 0 bridgehead atoms. The summed E-state index contributed by atoms with van der Waals surface area (Å²) in [6, 6.07) is 4.60. The van der Waals surface area contributed by atoms with Gasteiger partial charge in [0, 0.05) is 36.5 Å². The lowest BCUT2D eigenvalue weighted by Gasteiger charge is -2.42. The highest BCUT2D eigenvalue weighted by molar-refractivity contribution is 7.10. The topological polar surface area (TPSA) is 73.5 Å². The van der Waals surface area contributed by atoms with Crippen LogP contribution in [0.15, 0.2) is 17.5 Å². The van der Waals surface area contributed by atoms with E-state index in [0.717, 1.165) is 51.6 Å². The van der Waals surface area contributed by atoms with Crippen LogP contribution >= 0.6 is 11.3 Å². The first-order chi connectivity index (χ1) is 13.1. The lowest BCUT2D eigenvalue weighted by atomic mass is 9.83. The number of piperidine rings is 1. The number of carbonyl (C=O) groups excluding carboxylic acids is 2. The monoisotopic (exact) mass is 390 g/mol. The fourth-order valence-corrected chi connectivity index (χ4v) is 5.78. The molecule has 0 aromatic carbocycles. The number of likely N-dealkylation sites (tertiary alicyclic amines) is 1. The third-order valence-corrected chi connectivity index (χ3v) is 7.42. The van der Waals surface area contributed by atoms with Crippen molar-refractivity contribution >= 4 is 23.2 Å². The molecule has 3 aliphatic rings. The summed E-state index contributed by atoms with van der Waals surface area (Å²) in [7, 11) is 0. The van der Waals surface area contributed by atoms with Crippen LogP contribution in [-0.2, 0) is 15.0 Å². The van der Waals surface area contributed by atoms with Crippen molar-refractivity contribution in [2.24, 2.45) is 0 Å². The molecule has 3 heterocycles. The summed E-state index contributed by atoms with van der Waals surface area (Å²) in [5, 5.41) is 11.9. The van der Waals surface area contributed by atoms with Gasteiger partial charge in [-0.25, -0.2) is 0 Å². The molecular weight excluding hydrogens is 360 g/mol. The summed E-state index contributed by atoms with van der Waals surface area (Å²) in [5.74, 6) is 0.333. The van der Waals surface area contributed by atoms with Gasteiger partial charge in [0.25, 0.3) is 0 Å². The molecular formula is C20H30N4O2S. The Morgan fingerprint density at radius 1 is 1.30 bits per heavy atom. The molecule has 1 aromatic rings. The van der Waals surface area contributed by atoms with Crippen LogP contribution in [0.5, 0.6) is 0 Å².